The van der Waals surface area contributed by atoms with Gasteiger partial charge >= 0.3 is 0 Å². The Morgan fingerprint density at radius 2 is 1.67 bits per heavy atom. The third-order valence-electron chi connectivity index (χ3n) is 2.07. The highest BCUT2D eigenvalue weighted by Crippen LogP contribution is 2.29. The molecule has 0 amide bonds. The van der Waals surface area contributed by atoms with E-state index in [0.717, 1.165) is 6.92 Å². The first-order chi connectivity index (χ1) is 5.24. The van der Waals surface area contributed by atoms with Crippen LogP contribution in [0.5, 0.6) is 0 Å². The van der Waals surface area contributed by atoms with Gasteiger partial charge in [0.2, 0.25) is 5.92 Å². The van der Waals surface area contributed by atoms with E-state index in [0.29, 0.717) is 0 Å². The summed E-state index contributed by atoms with van der Waals surface area (Å²) >= 11 is 0. The van der Waals surface area contributed by atoms with E-state index in [1.807, 2.05) is 13.8 Å². The molecule has 0 spiro atoms. The fraction of sp³-hybridized carbons (Fsp3) is 1.00. The summed E-state index contributed by atoms with van der Waals surface area (Å²) in [5.41, 5.74) is 0. The molecule has 0 aromatic carbocycles. The molecule has 1 N–H and O–H groups in total. The van der Waals surface area contributed by atoms with Crippen LogP contribution in [0.15, 0.2) is 0 Å². The summed E-state index contributed by atoms with van der Waals surface area (Å²) in [6, 6.07) is 0. The average molecular weight is 180 g/mol. The van der Waals surface area contributed by atoms with Crippen molar-refractivity contribution in [2.24, 2.45) is 11.8 Å². The van der Waals surface area contributed by atoms with Crippen LogP contribution in [0.25, 0.3) is 0 Å². The van der Waals surface area contributed by atoms with Crippen molar-refractivity contribution in [1.82, 2.24) is 0 Å². The quantitative estimate of drug-likeness (QED) is 0.705. The molecule has 0 aliphatic rings. The zero-order chi connectivity index (χ0) is 9.94. The van der Waals surface area contributed by atoms with Gasteiger partial charge in [-0.15, -0.1) is 0 Å². The van der Waals surface area contributed by atoms with E-state index in [-0.39, 0.29) is 18.3 Å². The maximum Gasteiger partial charge on any atom is 0.245 e. The van der Waals surface area contributed by atoms with E-state index in [2.05, 4.69) is 0 Å². The summed E-state index contributed by atoms with van der Waals surface area (Å²) < 4.78 is 25.2. The van der Waals surface area contributed by atoms with Crippen molar-refractivity contribution in [2.75, 3.05) is 0 Å². The van der Waals surface area contributed by atoms with Gasteiger partial charge in [-0.05, 0) is 25.7 Å². The standard InChI is InChI=1S/C9H18F2O/c1-6(2)8(7(3)12)5-9(4,10)11/h6-8,12H,5H2,1-4H3. The zero-order valence-electron chi connectivity index (χ0n) is 8.14. The van der Waals surface area contributed by atoms with Crippen molar-refractivity contribution >= 4 is 0 Å². The van der Waals surface area contributed by atoms with Gasteiger partial charge in [-0.25, -0.2) is 8.78 Å². The van der Waals surface area contributed by atoms with Gasteiger partial charge < -0.3 is 5.11 Å². The first-order valence-corrected chi connectivity index (χ1v) is 4.30. The summed E-state index contributed by atoms with van der Waals surface area (Å²) in [4.78, 5) is 0. The third kappa shape index (κ3) is 4.65. The molecule has 3 heteroatoms. The molecule has 74 valence electrons. The largest absolute Gasteiger partial charge is 0.393 e. The molecule has 2 unspecified atom stereocenters. The predicted molar refractivity (Wildman–Crippen MR) is 45.2 cm³/mol. The topological polar surface area (TPSA) is 20.2 Å². The molecule has 1 nitrogen and oxygen atoms in total. The van der Waals surface area contributed by atoms with E-state index >= 15 is 0 Å². The molecule has 0 aromatic rings. The fourth-order valence-corrected chi connectivity index (χ4v) is 1.38. The van der Waals surface area contributed by atoms with Crippen LogP contribution >= 0.6 is 0 Å². The molecule has 0 aliphatic heterocycles. The second-order valence-corrected chi connectivity index (χ2v) is 3.92. The van der Waals surface area contributed by atoms with Gasteiger partial charge in [0.1, 0.15) is 0 Å². The minimum absolute atomic E-state index is 0.0934. The van der Waals surface area contributed by atoms with E-state index < -0.39 is 12.0 Å². The number of aliphatic hydroxyl groups excluding tert-OH is 1. The van der Waals surface area contributed by atoms with Crippen molar-refractivity contribution in [2.45, 2.75) is 46.1 Å². The van der Waals surface area contributed by atoms with E-state index in [4.69, 9.17) is 0 Å². The van der Waals surface area contributed by atoms with Crippen LogP contribution in [0.1, 0.15) is 34.1 Å². The van der Waals surface area contributed by atoms with Gasteiger partial charge in [0, 0.05) is 6.42 Å². The summed E-state index contributed by atoms with van der Waals surface area (Å²) in [7, 11) is 0. The van der Waals surface area contributed by atoms with Gasteiger partial charge in [-0.1, -0.05) is 13.8 Å². The Morgan fingerprint density at radius 1 is 1.25 bits per heavy atom. The lowest BCUT2D eigenvalue weighted by Crippen LogP contribution is -2.28. The number of halogens is 2. The molecule has 0 saturated carbocycles. The average Bonchev–Trinajstić information content (AvgIpc) is 1.79. The predicted octanol–water partition coefficient (Wildman–Crippen LogP) is 2.68. The molecule has 12 heavy (non-hydrogen) atoms. The lowest BCUT2D eigenvalue weighted by molar-refractivity contribution is -0.0363. The van der Waals surface area contributed by atoms with Crippen molar-refractivity contribution in [3.8, 4) is 0 Å². The molecule has 0 fully saturated rings. The zero-order valence-corrected chi connectivity index (χ0v) is 8.14. The maximum absolute atomic E-state index is 12.6. The van der Waals surface area contributed by atoms with E-state index in [1.54, 1.807) is 6.92 Å². The van der Waals surface area contributed by atoms with Crippen LogP contribution in [0.4, 0.5) is 8.78 Å². The summed E-state index contributed by atoms with van der Waals surface area (Å²) in [6.07, 6.45) is -0.890. The van der Waals surface area contributed by atoms with Crippen molar-refractivity contribution in [1.29, 1.82) is 0 Å². The van der Waals surface area contributed by atoms with Gasteiger partial charge in [0.15, 0.2) is 0 Å². The first kappa shape index (κ1) is 11.8. The molecular formula is C9H18F2O. The Balaban J connectivity index is 4.15. The van der Waals surface area contributed by atoms with E-state index in [1.165, 1.54) is 0 Å². The van der Waals surface area contributed by atoms with Gasteiger partial charge in [0.05, 0.1) is 6.10 Å². The van der Waals surface area contributed by atoms with Gasteiger partial charge in [-0.2, -0.15) is 0 Å². The Morgan fingerprint density at radius 3 is 1.75 bits per heavy atom. The molecule has 0 radical (unpaired) electrons. The molecule has 2 atom stereocenters. The second-order valence-electron chi connectivity index (χ2n) is 3.92. The molecule has 0 aromatic heterocycles. The molecule has 0 heterocycles. The van der Waals surface area contributed by atoms with E-state index in [9.17, 15) is 13.9 Å². The smallest absolute Gasteiger partial charge is 0.245 e. The van der Waals surface area contributed by atoms with Crippen LogP contribution in [-0.2, 0) is 0 Å². The number of aliphatic hydroxyl groups is 1. The number of hydrogen-bond donors (Lipinski definition) is 1. The lowest BCUT2D eigenvalue weighted by atomic mass is 9.86. The van der Waals surface area contributed by atoms with Crippen LogP contribution in [0, 0.1) is 11.8 Å². The number of hydrogen-bond acceptors (Lipinski definition) is 1. The maximum atomic E-state index is 12.6. The Kier molecular flexibility index (Phi) is 4.11. The summed E-state index contributed by atoms with van der Waals surface area (Å²) in [6.45, 7) is 6.16. The lowest BCUT2D eigenvalue weighted by Gasteiger charge is -2.26. The number of alkyl halides is 2. The van der Waals surface area contributed by atoms with Crippen molar-refractivity contribution in [3.63, 3.8) is 0 Å². The monoisotopic (exact) mass is 180 g/mol. The Labute approximate surface area is 72.8 Å². The highest BCUT2D eigenvalue weighted by molar-refractivity contribution is 4.74. The normalized spacial score (nSPS) is 18.0. The number of rotatable bonds is 4. The first-order valence-electron chi connectivity index (χ1n) is 4.30. The van der Waals surface area contributed by atoms with Crippen LogP contribution in [-0.4, -0.2) is 17.1 Å². The van der Waals surface area contributed by atoms with Crippen LogP contribution in [0.3, 0.4) is 0 Å². The molecule has 0 saturated heterocycles. The van der Waals surface area contributed by atoms with Crippen molar-refractivity contribution in [3.05, 3.63) is 0 Å². The van der Waals surface area contributed by atoms with Crippen LogP contribution < -0.4 is 0 Å². The molecule has 0 rings (SSSR count). The Bertz CT molecular complexity index is 119. The van der Waals surface area contributed by atoms with Gasteiger partial charge in [0.25, 0.3) is 0 Å². The van der Waals surface area contributed by atoms with Gasteiger partial charge in [-0.3, -0.25) is 0 Å². The highest BCUT2D eigenvalue weighted by Gasteiger charge is 2.30. The third-order valence-corrected chi connectivity index (χ3v) is 2.07. The van der Waals surface area contributed by atoms with Crippen LogP contribution in [0.2, 0.25) is 0 Å². The summed E-state index contributed by atoms with van der Waals surface area (Å²) in [5.74, 6) is -2.90. The fourth-order valence-electron chi connectivity index (χ4n) is 1.38. The molecular weight excluding hydrogens is 162 g/mol. The SMILES string of the molecule is CC(C)C(CC(C)(F)F)C(C)O. The Hall–Kier alpha value is -0.180. The highest BCUT2D eigenvalue weighted by atomic mass is 19.3. The second kappa shape index (κ2) is 4.17. The molecule has 0 bridgehead atoms. The summed E-state index contributed by atoms with van der Waals surface area (Å²) in [5, 5.41) is 9.21. The minimum Gasteiger partial charge on any atom is -0.393 e. The molecule has 0 aliphatic carbocycles. The van der Waals surface area contributed by atoms with Crippen molar-refractivity contribution < 1.29 is 13.9 Å². The minimum atomic E-state index is -2.67.